The van der Waals surface area contributed by atoms with Crippen molar-refractivity contribution in [3.8, 4) is 6.07 Å². The van der Waals surface area contributed by atoms with Crippen molar-refractivity contribution in [3.05, 3.63) is 12.7 Å². The van der Waals surface area contributed by atoms with Gasteiger partial charge in [-0.3, -0.25) is 0 Å². The van der Waals surface area contributed by atoms with Crippen molar-refractivity contribution in [2.24, 2.45) is 0 Å². The van der Waals surface area contributed by atoms with E-state index in [9.17, 15) is 4.79 Å². The van der Waals surface area contributed by atoms with E-state index in [0.29, 0.717) is 19.4 Å². The Labute approximate surface area is 59.9 Å². The zero-order valence-electron chi connectivity index (χ0n) is 5.67. The van der Waals surface area contributed by atoms with E-state index in [0.717, 1.165) is 6.08 Å². The Morgan fingerprint density at radius 2 is 2.50 bits per heavy atom. The summed E-state index contributed by atoms with van der Waals surface area (Å²) in [5.41, 5.74) is 0. The normalized spacial score (nSPS) is 7.90. The predicted molar refractivity (Wildman–Crippen MR) is 36.0 cm³/mol. The maximum absolute atomic E-state index is 10.4. The lowest BCUT2D eigenvalue weighted by Gasteiger charge is -1.96. The number of nitriles is 1. The van der Waals surface area contributed by atoms with E-state index >= 15 is 0 Å². The number of unbranched alkanes of at least 4 members (excludes halogenated alkanes) is 1. The van der Waals surface area contributed by atoms with E-state index in [1.807, 2.05) is 6.07 Å². The Balaban J connectivity index is 3.13. The molecular formula is C7H9NO2. The minimum Gasteiger partial charge on any atom is -0.463 e. The van der Waals surface area contributed by atoms with Crippen LogP contribution in [0.5, 0.6) is 0 Å². The molecule has 54 valence electrons. The number of ether oxygens (including phenoxy) is 1. The molecule has 0 atom stereocenters. The molecule has 0 aliphatic carbocycles. The van der Waals surface area contributed by atoms with Gasteiger partial charge in [0.25, 0.3) is 0 Å². The number of nitrogens with zero attached hydrogens (tertiary/aromatic N) is 1. The van der Waals surface area contributed by atoms with Crippen molar-refractivity contribution in [2.75, 3.05) is 6.61 Å². The Morgan fingerprint density at radius 3 is 3.00 bits per heavy atom. The highest BCUT2D eigenvalue weighted by molar-refractivity contribution is 5.81. The number of carbonyl (C=O) groups is 1. The molecule has 0 bridgehead atoms. The monoisotopic (exact) mass is 139 g/mol. The van der Waals surface area contributed by atoms with Gasteiger partial charge in [-0.1, -0.05) is 6.58 Å². The predicted octanol–water partition coefficient (Wildman–Crippen LogP) is 1.02. The Hall–Kier alpha value is -1.30. The molecule has 0 saturated heterocycles. The first-order valence-corrected chi connectivity index (χ1v) is 2.97. The van der Waals surface area contributed by atoms with E-state index in [4.69, 9.17) is 5.26 Å². The lowest BCUT2D eigenvalue weighted by Crippen LogP contribution is -2.00. The molecule has 0 radical (unpaired) electrons. The molecule has 0 aromatic carbocycles. The number of carbonyl (C=O) groups excluding carboxylic acids is 1. The van der Waals surface area contributed by atoms with Gasteiger partial charge in [0, 0.05) is 12.5 Å². The lowest BCUT2D eigenvalue weighted by atomic mass is 10.3. The average Bonchev–Trinajstić information content (AvgIpc) is 1.98. The second kappa shape index (κ2) is 5.83. The molecular weight excluding hydrogens is 130 g/mol. The van der Waals surface area contributed by atoms with Crippen molar-refractivity contribution in [1.29, 1.82) is 5.26 Å². The molecule has 0 saturated carbocycles. The fraction of sp³-hybridized carbons (Fsp3) is 0.429. The third-order valence-corrected chi connectivity index (χ3v) is 0.844. The van der Waals surface area contributed by atoms with Crippen molar-refractivity contribution < 1.29 is 9.53 Å². The summed E-state index contributed by atoms with van der Waals surface area (Å²) in [6.07, 6.45) is 2.12. The molecule has 0 N–H and O–H groups in total. The quantitative estimate of drug-likeness (QED) is 0.332. The van der Waals surface area contributed by atoms with Gasteiger partial charge < -0.3 is 4.74 Å². The Kier molecular flexibility index (Phi) is 5.07. The smallest absolute Gasteiger partial charge is 0.330 e. The van der Waals surface area contributed by atoms with Crippen LogP contribution < -0.4 is 0 Å². The molecule has 0 unspecified atom stereocenters. The summed E-state index contributed by atoms with van der Waals surface area (Å²) >= 11 is 0. The van der Waals surface area contributed by atoms with Crippen LogP contribution in [0.25, 0.3) is 0 Å². The van der Waals surface area contributed by atoms with Crippen LogP contribution >= 0.6 is 0 Å². The molecule has 0 fully saturated rings. The minimum absolute atomic E-state index is 0.304. The molecule has 0 spiro atoms. The van der Waals surface area contributed by atoms with Crippen molar-refractivity contribution in [3.63, 3.8) is 0 Å². The second-order valence-corrected chi connectivity index (χ2v) is 1.63. The zero-order valence-corrected chi connectivity index (χ0v) is 5.67. The number of rotatable bonds is 4. The fourth-order valence-electron chi connectivity index (χ4n) is 0.383. The second-order valence-electron chi connectivity index (χ2n) is 1.63. The van der Waals surface area contributed by atoms with Gasteiger partial charge in [-0.15, -0.1) is 0 Å². The number of hydrogen-bond donors (Lipinski definition) is 0. The molecule has 0 rings (SSSR count). The van der Waals surface area contributed by atoms with Gasteiger partial charge >= 0.3 is 5.97 Å². The van der Waals surface area contributed by atoms with Gasteiger partial charge in [-0.2, -0.15) is 5.26 Å². The van der Waals surface area contributed by atoms with Gasteiger partial charge in [0.05, 0.1) is 12.7 Å². The average molecular weight is 139 g/mol. The number of hydrogen-bond acceptors (Lipinski definition) is 3. The minimum atomic E-state index is -0.432. The summed E-state index contributed by atoms with van der Waals surface area (Å²) in [6.45, 7) is 3.52. The third kappa shape index (κ3) is 4.85. The summed E-state index contributed by atoms with van der Waals surface area (Å²) in [4.78, 5) is 10.4. The zero-order chi connectivity index (χ0) is 7.82. The maximum Gasteiger partial charge on any atom is 0.330 e. The highest BCUT2D eigenvalue weighted by Gasteiger charge is 1.92. The van der Waals surface area contributed by atoms with Crippen LogP contribution in [-0.2, 0) is 9.53 Å². The summed E-state index contributed by atoms with van der Waals surface area (Å²) in [6, 6.07) is 1.94. The van der Waals surface area contributed by atoms with Crippen LogP contribution in [0.4, 0.5) is 0 Å². The highest BCUT2D eigenvalue weighted by atomic mass is 16.5. The van der Waals surface area contributed by atoms with E-state index in [1.165, 1.54) is 0 Å². The van der Waals surface area contributed by atoms with Gasteiger partial charge in [0.1, 0.15) is 0 Å². The Morgan fingerprint density at radius 1 is 1.80 bits per heavy atom. The first-order valence-electron chi connectivity index (χ1n) is 2.97. The van der Waals surface area contributed by atoms with Crippen LogP contribution in [0.3, 0.4) is 0 Å². The van der Waals surface area contributed by atoms with Gasteiger partial charge in [0.15, 0.2) is 0 Å². The van der Waals surface area contributed by atoms with Crippen molar-refractivity contribution in [1.82, 2.24) is 0 Å². The van der Waals surface area contributed by atoms with Crippen LogP contribution in [0, 0.1) is 11.3 Å². The molecule has 0 aromatic heterocycles. The van der Waals surface area contributed by atoms with E-state index in [1.54, 1.807) is 0 Å². The first kappa shape index (κ1) is 8.70. The lowest BCUT2D eigenvalue weighted by molar-refractivity contribution is -0.137. The largest absolute Gasteiger partial charge is 0.463 e. The molecule has 0 aromatic rings. The molecule has 0 aliphatic rings. The molecule has 0 heterocycles. The van der Waals surface area contributed by atoms with Crippen LogP contribution in [0.1, 0.15) is 12.8 Å². The van der Waals surface area contributed by atoms with E-state index in [-0.39, 0.29) is 0 Å². The highest BCUT2D eigenvalue weighted by Crippen LogP contribution is 1.88. The summed E-state index contributed by atoms with van der Waals surface area (Å²) in [5.74, 6) is -0.432. The van der Waals surface area contributed by atoms with Gasteiger partial charge in [-0.25, -0.2) is 4.79 Å². The standard InChI is InChI=1S/C7H9NO2/c1-2-7(9)10-6-4-3-5-8/h2H,1,3-4,6H2. The van der Waals surface area contributed by atoms with Crippen LogP contribution in [-0.4, -0.2) is 12.6 Å². The topological polar surface area (TPSA) is 50.1 Å². The van der Waals surface area contributed by atoms with E-state index < -0.39 is 5.97 Å². The van der Waals surface area contributed by atoms with E-state index in [2.05, 4.69) is 11.3 Å². The molecule has 0 amide bonds. The van der Waals surface area contributed by atoms with Gasteiger partial charge in [0.2, 0.25) is 0 Å². The SMILES string of the molecule is C=CC(=O)OCCCC#N. The van der Waals surface area contributed by atoms with Crippen molar-refractivity contribution >= 4 is 5.97 Å². The Bertz CT molecular complexity index is 157. The third-order valence-electron chi connectivity index (χ3n) is 0.844. The van der Waals surface area contributed by atoms with Crippen molar-refractivity contribution in [2.45, 2.75) is 12.8 Å². The van der Waals surface area contributed by atoms with Crippen LogP contribution in [0.15, 0.2) is 12.7 Å². The summed E-state index contributed by atoms with van der Waals surface area (Å²) in [5, 5.41) is 8.08. The molecule has 0 aliphatic heterocycles. The van der Waals surface area contributed by atoms with Crippen LogP contribution in [0.2, 0.25) is 0 Å². The fourth-order valence-corrected chi connectivity index (χ4v) is 0.383. The maximum atomic E-state index is 10.4. The molecule has 3 nitrogen and oxygen atoms in total. The number of esters is 1. The molecule has 10 heavy (non-hydrogen) atoms. The van der Waals surface area contributed by atoms with Gasteiger partial charge in [-0.05, 0) is 6.42 Å². The molecule has 3 heteroatoms. The summed E-state index contributed by atoms with van der Waals surface area (Å²) < 4.78 is 4.59. The first-order chi connectivity index (χ1) is 4.81. The summed E-state index contributed by atoms with van der Waals surface area (Å²) in [7, 11) is 0.